The van der Waals surface area contributed by atoms with Crippen LogP contribution in [0.25, 0.3) is 0 Å². The fourth-order valence-electron chi connectivity index (χ4n) is 4.96. The molecule has 0 aromatic rings. The second-order valence-corrected chi connectivity index (χ2v) is 10.5. The van der Waals surface area contributed by atoms with Gasteiger partial charge in [0.2, 0.25) is 5.91 Å². The summed E-state index contributed by atoms with van der Waals surface area (Å²) in [5, 5.41) is 44.0. The van der Waals surface area contributed by atoms with Crippen molar-refractivity contribution in [3.63, 3.8) is 0 Å². The van der Waals surface area contributed by atoms with E-state index < -0.39 is 49.1 Å². The Kier molecular flexibility index (Phi) is 14.5. The molecule has 1 aliphatic carbocycles. The number of hydrogen-bond acceptors (Lipinski definition) is 13. The van der Waals surface area contributed by atoms with Gasteiger partial charge in [-0.1, -0.05) is 6.92 Å². The molecule has 0 aromatic heterocycles. The third-order valence-electron chi connectivity index (χ3n) is 7.31. The predicted octanol–water partition coefficient (Wildman–Crippen LogP) is -3.04. The third-order valence-corrected chi connectivity index (χ3v) is 7.31. The van der Waals surface area contributed by atoms with Gasteiger partial charge in [-0.3, -0.25) is 4.79 Å². The number of ether oxygens (including phenoxy) is 4. The highest BCUT2D eigenvalue weighted by atomic mass is 16.7. The monoisotopic (exact) mass is 574 g/mol. The van der Waals surface area contributed by atoms with Crippen LogP contribution in [-0.2, 0) is 23.7 Å². The quantitative estimate of drug-likeness (QED) is 0.0589. The number of aliphatic hydroxyl groups is 3. The first-order valence-corrected chi connectivity index (χ1v) is 14.5. The van der Waals surface area contributed by atoms with Crippen LogP contribution in [0, 0.1) is 0 Å². The molecule has 2 heterocycles. The van der Waals surface area contributed by atoms with E-state index in [1.165, 1.54) is 0 Å². The normalized spacial score (nSPS) is 30.6. The van der Waals surface area contributed by atoms with Crippen molar-refractivity contribution in [1.29, 1.82) is 0 Å². The van der Waals surface area contributed by atoms with Gasteiger partial charge < -0.3 is 67.0 Å². The summed E-state index contributed by atoms with van der Waals surface area (Å²) >= 11 is 0. The lowest BCUT2D eigenvalue weighted by molar-refractivity contribution is -0.269. The molecule has 0 radical (unpaired) electrons. The van der Waals surface area contributed by atoms with E-state index in [1.54, 1.807) is 6.92 Å². The Hall–Kier alpha value is -1.43. The minimum Gasteiger partial charge on any atom is -0.468 e. The van der Waals surface area contributed by atoms with E-state index in [-0.39, 0.29) is 38.5 Å². The molecular weight excluding hydrogens is 524 g/mol. The van der Waals surface area contributed by atoms with Crippen LogP contribution < -0.4 is 32.7 Å². The van der Waals surface area contributed by atoms with E-state index in [4.69, 9.17) is 30.4 Å². The summed E-state index contributed by atoms with van der Waals surface area (Å²) in [6.07, 6.45) is -1.86. The molecule has 14 heteroatoms. The summed E-state index contributed by atoms with van der Waals surface area (Å²) in [5.74, 6) is 0.463. The maximum atomic E-state index is 12.4. The molecule has 0 bridgehead atoms. The number of nitrogens with one attached hydrogen (secondary N) is 4. The number of carbonyl (C=O) groups is 1. The molecule has 3 rings (SSSR count). The molecule has 8 atom stereocenters. The zero-order valence-electron chi connectivity index (χ0n) is 23.5. The minimum absolute atomic E-state index is 0.0684. The molecule has 0 aromatic carbocycles. The molecule has 11 N–H and O–H groups in total. The Bertz CT molecular complexity index is 775. The summed E-state index contributed by atoms with van der Waals surface area (Å²) in [5.41, 5.74) is 12.0. The first kappa shape index (κ1) is 33.1. The average Bonchev–Trinajstić information content (AvgIpc) is 2.91. The fourth-order valence-corrected chi connectivity index (χ4v) is 4.96. The van der Waals surface area contributed by atoms with Gasteiger partial charge in [-0.2, -0.15) is 0 Å². The Morgan fingerprint density at radius 1 is 1.30 bits per heavy atom. The molecule has 1 amide bonds. The Labute approximate surface area is 236 Å². The second-order valence-electron chi connectivity index (χ2n) is 10.5. The van der Waals surface area contributed by atoms with Crippen molar-refractivity contribution in [2.24, 2.45) is 11.5 Å². The Morgan fingerprint density at radius 3 is 2.77 bits per heavy atom. The van der Waals surface area contributed by atoms with E-state index in [1.807, 2.05) is 6.08 Å². The number of nitrogens with two attached hydrogens (primary N) is 2. The molecule has 232 valence electrons. The molecule has 3 aliphatic rings. The van der Waals surface area contributed by atoms with Gasteiger partial charge in [0, 0.05) is 57.6 Å². The van der Waals surface area contributed by atoms with Crippen LogP contribution in [0.15, 0.2) is 11.8 Å². The number of carbonyl (C=O) groups excluding carboxylic acids is 1. The van der Waals surface area contributed by atoms with E-state index >= 15 is 0 Å². The minimum atomic E-state index is -1.26. The number of aliphatic hydroxyl groups excluding tert-OH is 3. The number of rotatable bonds is 18. The van der Waals surface area contributed by atoms with Gasteiger partial charge in [-0.25, -0.2) is 0 Å². The maximum absolute atomic E-state index is 12.4. The van der Waals surface area contributed by atoms with Crippen LogP contribution >= 0.6 is 0 Å². The largest absolute Gasteiger partial charge is 0.468 e. The number of allylic oxidation sites excluding steroid dienone is 1. The molecule has 14 nitrogen and oxygen atoms in total. The molecule has 40 heavy (non-hydrogen) atoms. The first-order chi connectivity index (χ1) is 19.4. The Morgan fingerprint density at radius 2 is 2.10 bits per heavy atom. The molecule has 1 saturated carbocycles. The zero-order chi connectivity index (χ0) is 28.9. The molecule has 0 unspecified atom stereocenters. The van der Waals surface area contributed by atoms with Gasteiger partial charge in [-0.15, -0.1) is 0 Å². The van der Waals surface area contributed by atoms with Crippen molar-refractivity contribution in [3.8, 4) is 0 Å². The van der Waals surface area contributed by atoms with E-state index in [0.717, 1.165) is 38.4 Å². The molecule has 2 aliphatic heterocycles. The highest BCUT2D eigenvalue weighted by molar-refractivity contribution is 5.76. The van der Waals surface area contributed by atoms with Crippen molar-refractivity contribution in [1.82, 2.24) is 21.3 Å². The van der Waals surface area contributed by atoms with Crippen LogP contribution in [0.1, 0.15) is 39.0 Å². The van der Waals surface area contributed by atoms with Crippen molar-refractivity contribution >= 4 is 5.91 Å². The Balaban J connectivity index is 1.60. The summed E-state index contributed by atoms with van der Waals surface area (Å²) in [6.45, 7) is 5.82. The van der Waals surface area contributed by atoms with Gasteiger partial charge in [-0.05, 0) is 25.3 Å². The summed E-state index contributed by atoms with van der Waals surface area (Å²) in [6, 6.07) is -0.766. The van der Waals surface area contributed by atoms with Crippen molar-refractivity contribution in [2.75, 3.05) is 52.5 Å². The lowest BCUT2D eigenvalue weighted by Crippen LogP contribution is -2.66. The van der Waals surface area contributed by atoms with Gasteiger partial charge in [0.05, 0.1) is 25.8 Å². The standard InChI is InChI=1S/C26H50N6O8/c1-2-20(34)26(37-11-10-33)40-25-19(32-21(35)6-7-27)12-18(28)24(23(25)36)39-22-5-3-4-17(38-22)15-29-8-9-31-16-13-30-14-16/h4,16,18-20,22-26,29-31,33-34,36H,2-3,5-15,27-28H2,1H3,(H,32,35)/t18-,19+,20+,22+,23-,24+,25-,26+/m0/s1. The average molecular weight is 575 g/mol. The SMILES string of the molecule is CC[C@@H](O)[C@H](OCCO)O[C@@H]1[C@@H](O)[C@H](O[C@@H]2CCC=C(CNCCNC3CNC3)O2)[C@@H](N)C[C@H]1NC(=O)CCN. The summed E-state index contributed by atoms with van der Waals surface area (Å²) in [4.78, 5) is 12.4. The van der Waals surface area contributed by atoms with Crippen LogP contribution in [0.5, 0.6) is 0 Å². The first-order valence-electron chi connectivity index (χ1n) is 14.5. The van der Waals surface area contributed by atoms with E-state index in [0.29, 0.717) is 25.4 Å². The smallest absolute Gasteiger partial charge is 0.221 e. The van der Waals surface area contributed by atoms with Gasteiger partial charge >= 0.3 is 0 Å². The van der Waals surface area contributed by atoms with Crippen molar-refractivity contribution < 1.29 is 39.1 Å². The van der Waals surface area contributed by atoms with Gasteiger partial charge in [0.25, 0.3) is 0 Å². The van der Waals surface area contributed by atoms with Crippen LogP contribution in [0.4, 0.5) is 0 Å². The molecule has 0 spiro atoms. The highest BCUT2D eigenvalue weighted by Gasteiger charge is 2.47. The van der Waals surface area contributed by atoms with Crippen molar-refractivity contribution in [2.45, 2.75) is 94.1 Å². The van der Waals surface area contributed by atoms with E-state index in [9.17, 15) is 20.1 Å². The highest BCUT2D eigenvalue weighted by Crippen LogP contribution is 2.29. The summed E-state index contributed by atoms with van der Waals surface area (Å²) < 4.78 is 23.8. The molecular formula is C26H50N6O8. The van der Waals surface area contributed by atoms with Crippen LogP contribution in [0.2, 0.25) is 0 Å². The maximum Gasteiger partial charge on any atom is 0.221 e. The molecule has 2 fully saturated rings. The van der Waals surface area contributed by atoms with Gasteiger partial charge in [0.15, 0.2) is 12.6 Å². The lowest BCUT2D eigenvalue weighted by atomic mass is 9.83. The molecule has 1 saturated heterocycles. The van der Waals surface area contributed by atoms with E-state index in [2.05, 4.69) is 21.3 Å². The topological polar surface area (TPSA) is 215 Å². The second kappa shape index (κ2) is 17.5. The summed E-state index contributed by atoms with van der Waals surface area (Å²) in [7, 11) is 0. The third kappa shape index (κ3) is 10.1. The lowest BCUT2D eigenvalue weighted by Gasteiger charge is -2.45. The zero-order valence-corrected chi connectivity index (χ0v) is 23.5. The fraction of sp³-hybridized carbons (Fsp3) is 0.885. The van der Waals surface area contributed by atoms with Crippen LogP contribution in [-0.4, -0.2) is 129 Å². The predicted molar refractivity (Wildman–Crippen MR) is 147 cm³/mol. The number of hydrogen-bond donors (Lipinski definition) is 9. The number of amides is 1. The van der Waals surface area contributed by atoms with Crippen LogP contribution in [0.3, 0.4) is 0 Å². The van der Waals surface area contributed by atoms with Crippen molar-refractivity contribution in [3.05, 3.63) is 11.8 Å². The van der Waals surface area contributed by atoms with Gasteiger partial charge in [0.1, 0.15) is 30.2 Å².